The van der Waals surface area contributed by atoms with E-state index in [0.29, 0.717) is 5.92 Å². The van der Waals surface area contributed by atoms with Gasteiger partial charge in [0, 0.05) is 19.0 Å². The van der Waals surface area contributed by atoms with Crippen molar-refractivity contribution in [2.24, 2.45) is 5.92 Å². The summed E-state index contributed by atoms with van der Waals surface area (Å²) in [5.74, 6) is -1.10. The molecule has 1 saturated carbocycles. The van der Waals surface area contributed by atoms with Gasteiger partial charge in [-0.3, -0.25) is 9.59 Å². The summed E-state index contributed by atoms with van der Waals surface area (Å²) in [4.78, 5) is 24.8. The molecule has 1 saturated heterocycles. The van der Waals surface area contributed by atoms with Crippen LogP contribution in [0.3, 0.4) is 0 Å². The highest BCUT2D eigenvalue weighted by molar-refractivity contribution is 5.89. The molecule has 4 nitrogen and oxygen atoms in total. The molecule has 26 heavy (non-hydrogen) atoms. The Hall–Kier alpha value is -2.05. The van der Waals surface area contributed by atoms with E-state index in [0.717, 1.165) is 30.6 Å². The second-order valence-corrected chi connectivity index (χ2v) is 7.26. The van der Waals surface area contributed by atoms with Gasteiger partial charge in [-0.2, -0.15) is 13.2 Å². The zero-order valence-electron chi connectivity index (χ0n) is 14.5. The highest BCUT2D eigenvalue weighted by atomic mass is 19.4. The lowest BCUT2D eigenvalue weighted by Crippen LogP contribution is -2.42. The molecule has 0 radical (unpaired) electrons. The van der Waals surface area contributed by atoms with E-state index in [1.807, 2.05) is 18.2 Å². The number of hydrogen-bond donors (Lipinski definition) is 1. The van der Waals surface area contributed by atoms with Crippen LogP contribution in [0.5, 0.6) is 0 Å². The molecule has 1 unspecified atom stereocenters. The maximum Gasteiger partial charge on any atom is 0.406 e. The van der Waals surface area contributed by atoms with E-state index in [4.69, 9.17) is 0 Å². The first-order valence-electron chi connectivity index (χ1n) is 9.01. The van der Waals surface area contributed by atoms with Crippen molar-refractivity contribution in [1.82, 2.24) is 10.2 Å². The SMILES string of the molecule is O=C(NC1CCC(c2ccccc2)CC1)C1CC(=O)N(CC(F)(F)F)C1. The summed E-state index contributed by atoms with van der Waals surface area (Å²) in [5.41, 5.74) is 1.31. The average Bonchev–Trinajstić information content (AvgIpc) is 2.95. The second-order valence-electron chi connectivity index (χ2n) is 7.26. The number of rotatable bonds is 4. The molecule has 0 aromatic heterocycles. The Kier molecular flexibility index (Phi) is 5.53. The first-order valence-corrected chi connectivity index (χ1v) is 9.01. The third-order valence-corrected chi connectivity index (χ3v) is 5.30. The zero-order valence-corrected chi connectivity index (χ0v) is 14.5. The number of carbonyl (C=O) groups excluding carboxylic acids is 2. The van der Waals surface area contributed by atoms with E-state index in [1.54, 1.807) is 0 Å². The molecule has 1 N–H and O–H groups in total. The number of hydrogen-bond acceptors (Lipinski definition) is 2. The Balaban J connectivity index is 1.47. The fourth-order valence-electron chi connectivity index (χ4n) is 3.93. The molecule has 142 valence electrons. The highest BCUT2D eigenvalue weighted by Gasteiger charge is 2.41. The van der Waals surface area contributed by atoms with Crippen LogP contribution in [0.15, 0.2) is 30.3 Å². The summed E-state index contributed by atoms with van der Waals surface area (Å²) in [6.45, 7) is -1.43. The van der Waals surface area contributed by atoms with Gasteiger partial charge in [-0.15, -0.1) is 0 Å². The third-order valence-electron chi connectivity index (χ3n) is 5.30. The van der Waals surface area contributed by atoms with E-state index < -0.39 is 24.5 Å². The van der Waals surface area contributed by atoms with Gasteiger partial charge in [-0.25, -0.2) is 0 Å². The van der Waals surface area contributed by atoms with Gasteiger partial charge >= 0.3 is 6.18 Å². The zero-order chi connectivity index (χ0) is 18.7. The molecule has 2 amide bonds. The Morgan fingerprint density at radius 3 is 2.38 bits per heavy atom. The average molecular weight is 368 g/mol. The number of nitrogens with zero attached hydrogens (tertiary/aromatic N) is 1. The number of amides is 2. The summed E-state index contributed by atoms with van der Waals surface area (Å²) < 4.78 is 37.4. The van der Waals surface area contributed by atoms with Crippen molar-refractivity contribution in [2.45, 2.75) is 50.2 Å². The van der Waals surface area contributed by atoms with Gasteiger partial charge in [0.25, 0.3) is 0 Å². The molecule has 3 rings (SSSR count). The molecule has 2 aliphatic rings. The van der Waals surface area contributed by atoms with Crippen molar-refractivity contribution >= 4 is 11.8 Å². The van der Waals surface area contributed by atoms with E-state index in [-0.39, 0.29) is 24.9 Å². The van der Waals surface area contributed by atoms with Gasteiger partial charge in [0.15, 0.2) is 0 Å². The molecule has 7 heteroatoms. The molecule has 1 aliphatic heterocycles. The Labute approximate surface area is 150 Å². The van der Waals surface area contributed by atoms with Gasteiger partial charge in [0.05, 0.1) is 5.92 Å². The van der Waals surface area contributed by atoms with Crippen LogP contribution in [0.25, 0.3) is 0 Å². The minimum Gasteiger partial charge on any atom is -0.353 e. The molecular formula is C19H23F3N2O2. The van der Waals surface area contributed by atoms with Crippen LogP contribution in [0.2, 0.25) is 0 Å². The van der Waals surface area contributed by atoms with Crippen LogP contribution in [-0.4, -0.2) is 42.0 Å². The topological polar surface area (TPSA) is 49.4 Å². The number of halogens is 3. The molecule has 0 bridgehead atoms. The summed E-state index contributed by atoms with van der Waals surface area (Å²) >= 11 is 0. The number of likely N-dealkylation sites (tertiary alicyclic amines) is 1. The Bertz CT molecular complexity index is 640. The lowest BCUT2D eigenvalue weighted by atomic mass is 9.81. The molecule has 1 aliphatic carbocycles. The minimum absolute atomic E-state index is 0.0363. The largest absolute Gasteiger partial charge is 0.406 e. The van der Waals surface area contributed by atoms with Gasteiger partial charge in [0.1, 0.15) is 6.54 Å². The van der Waals surface area contributed by atoms with Crippen molar-refractivity contribution in [3.8, 4) is 0 Å². The van der Waals surface area contributed by atoms with Crippen molar-refractivity contribution in [3.05, 3.63) is 35.9 Å². The molecule has 1 aromatic carbocycles. The van der Waals surface area contributed by atoms with E-state index in [1.165, 1.54) is 5.56 Å². The first-order chi connectivity index (χ1) is 12.3. The van der Waals surface area contributed by atoms with Gasteiger partial charge in [-0.1, -0.05) is 30.3 Å². The van der Waals surface area contributed by atoms with Crippen LogP contribution >= 0.6 is 0 Å². The van der Waals surface area contributed by atoms with Crippen molar-refractivity contribution in [2.75, 3.05) is 13.1 Å². The predicted molar refractivity (Wildman–Crippen MR) is 90.3 cm³/mol. The monoisotopic (exact) mass is 368 g/mol. The lowest BCUT2D eigenvalue weighted by molar-refractivity contribution is -0.157. The smallest absolute Gasteiger partial charge is 0.353 e. The predicted octanol–water partition coefficient (Wildman–Crippen LogP) is 3.24. The van der Waals surface area contributed by atoms with Gasteiger partial charge in [-0.05, 0) is 37.2 Å². The molecule has 1 heterocycles. The van der Waals surface area contributed by atoms with Crippen molar-refractivity contribution in [3.63, 3.8) is 0 Å². The number of benzene rings is 1. The van der Waals surface area contributed by atoms with Crippen LogP contribution in [0.4, 0.5) is 13.2 Å². The van der Waals surface area contributed by atoms with E-state index >= 15 is 0 Å². The Morgan fingerprint density at radius 1 is 1.12 bits per heavy atom. The molecule has 2 fully saturated rings. The molecule has 1 aromatic rings. The fraction of sp³-hybridized carbons (Fsp3) is 0.579. The van der Waals surface area contributed by atoms with Gasteiger partial charge in [0.2, 0.25) is 11.8 Å². The van der Waals surface area contributed by atoms with E-state index in [9.17, 15) is 22.8 Å². The first kappa shape index (κ1) is 18.7. The highest BCUT2D eigenvalue weighted by Crippen LogP contribution is 2.33. The quantitative estimate of drug-likeness (QED) is 0.887. The summed E-state index contributed by atoms with van der Waals surface area (Å²) in [5, 5.41) is 2.94. The maximum atomic E-state index is 12.5. The summed E-state index contributed by atoms with van der Waals surface area (Å²) in [7, 11) is 0. The summed E-state index contributed by atoms with van der Waals surface area (Å²) in [6, 6.07) is 10.3. The third kappa shape index (κ3) is 4.77. The number of alkyl halides is 3. The van der Waals surface area contributed by atoms with Crippen LogP contribution in [0.1, 0.15) is 43.6 Å². The lowest BCUT2D eigenvalue weighted by Gasteiger charge is -2.30. The van der Waals surface area contributed by atoms with Crippen LogP contribution in [-0.2, 0) is 9.59 Å². The number of carbonyl (C=O) groups is 2. The normalized spacial score (nSPS) is 26.8. The van der Waals surface area contributed by atoms with Crippen LogP contribution in [0, 0.1) is 5.92 Å². The van der Waals surface area contributed by atoms with Crippen molar-refractivity contribution < 1.29 is 22.8 Å². The summed E-state index contributed by atoms with van der Waals surface area (Å²) in [6.07, 6.45) is -0.938. The van der Waals surface area contributed by atoms with Crippen molar-refractivity contribution in [1.29, 1.82) is 0 Å². The Morgan fingerprint density at radius 2 is 1.77 bits per heavy atom. The van der Waals surface area contributed by atoms with Crippen LogP contribution < -0.4 is 5.32 Å². The fourth-order valence-corrected chi connectivity index (χ4v) is 3.93. The molecule has 1 atom stereocenters. The van der Waals surface area contributed by atoms with E-state index in [2.05, 4.69) is 17.4 Å². The number of nitrogens with one attached hydrogen (secondary N) is 1. The minimum atomic E-state index is -4.43. The molecular weight excluding hydrogens is 345 g/mol. The maximum absolute atomic E-state index is 12.5. The van der Waals surface area contributed by atoms with Gasteiger partial charge < -0.3 is 10.2 Å². The second kappa shape index (κ2) is 7.68. The molecule has 0 spiro atoms. The standard InChI is InChI=1S/C19H23F3N2O2/c20-19(21,22)12-24-11-15(10-17(24)25)18(26)23-16-8-6-14(7-9-16)13-4-2-1-3-5-13/h1-5,14-16H,6-12H2,(H,23,26).